The number of ketones is 1. The summed E-state index contributed by atoms with van der Waals surface area (Å²) in [4.78, 5) is 10.8. The van der Waals surface area contributed by atoms with Gasteiger partial charge in [0.2, 0.25) is 0 Å². The van der Waals surface area contributed by atoms with Gasteiger partial charge in [-0.15, -0.1) is 12.4 Å². The van der Waals surface area contributed by atoms with Crippen molar-refractivity contribution in [1.29, 1.82) is 0 Å². The average Bonchev–Trinajstić information content (AvgIpc) is 2.29. The number of hydrogen-bond donors (Lipinski definition) is 0. The molecule has 46 valence electrons. The third kappa shape index (κ3) is 0.653. The molecule has 0 saturated carbocycles. The molecule has 0 radical (unpaired) electrons. The van der Waals surface area contributed by atoms with Gasteiger partial charge in [-0.25, -0.2) is 0 Å². The van der Waals surface area contributed by atoms with Crippen molar-refractivity contribution in [1.82, 2.24) is 0 Å². The smallest absolute Gasteiger partial charge is 0.193 e. The highest BCUT2D eigenvalue weighted by Gasteiger charge is 2.19. The van der Waals surface area contributed by atoms with Crippen LogP contribution in [-0.2, 0) is 4.79 Å². The predicted octanol–water partition coefficient (Wildman–Crippen LogP) is 1.41. The minimum Gasteiger partial charge on any atom is -0.289 e. The van der Waals surface area contributed by atoms with Crippen LogP contribution in [-0.4, -0.2) is 5.78 Å². The van der Waals surface area contributed by atoms with Crippen LogP contribution in [0.1, 0.15) is 0 Å². The summed E-state index contributed by atoms with van der Waals surface area (Å²) in [6, 6.07) is 0. The summed E-state index contributed by atoms with van der Waals surface area (Å²) >= 11 is 0. The number of carbonyl (C=O) groups excluding carboxylic acids is 1. The fourth-order valence-electron chi connectivity index (χ4n) is 0.940. The van der Waals surface area contributed by atoms with E-state index in [1.807, 2.05) is 24.3 Å². The van der Waals surface area contributed by atoms with Gasteiger partial charge in [-0.2, -0.15) is 0 Å². The molecule has 0 aromatic carbocycles. The summed E-state index contributed by atoms with van der Waals surface area (Å²) in [6.45, 7) is 0. The predicted molar refractivity (Wildman–Crippen MR) is 37.6 cm³/mol. The highest BCUT2D eigenvalue weighted by molar-refractivity contribution is 6.17. The zero-order valence-electron chi connectivity index (χ0n) is 4.63. The molecule has 9 heavy (non-hydrogen) atoms. The SMILES string of the molecule is Cl.O=C1C2=CC=C1C=C2. The molecule has 0 heterocycles. The lowest BCUT2D eigenvalue weighted by atomic mass is 10.2. The van der Waals surface area contributed by atoms with E-state index in [0.29, 0.717) is 0 Å². The van der Waals surface area contributed by atoms with E-state index in [1.54, 1.807) is 0 Å². The van der Waals surface area contributed by atoms with Crippen molar-refractivity contribution in [2.24, 2.45) is 0 Å². The van der Waals surface area contributed by atoms with Crippen LogP contribution in [0.2, 0.25) is 0 Å². The van der Waals surface area contributed by atoms with Gasteiger partial charge in [-0.3, -0.25) is 4.79 Å². The first-order valence-electron chi connectivity index (χ1n) is 2.53. The zero-order chi connectivity index (χ0) is 5.56. The molecule has 2 bridgehead atoms. The summed E-state index contributed by atoms with van der Waals surface area (Å²) in [5.41, 5.74) is 1.67. The first-order chi connectivity index (χ1) is 3.88. The monoisotopic (exact) mass is 140 g/mol. The quantitative estimate of drug-likeness (QED) is 0.497. The average molecular weight is 141 g/mol. The Labute approximate surface area is 59.2 Å². The molecular weight excluding hydrogens is 136 g/mol. The van der Waals surface area contributed by atoms with Crippen molar-refractivity contribution < 1.29 is 4.79 Å². The summed E-state index contributed by atoms with van der Waals surface area (Å²) in [5, 5.41) is 0. The lowest BCUT2D eigenvalue weighted by Gasteiger charge is -1.78. The van der Waals surface area contributed by atoms with E-state index in [2.05, 4.69) is 0 Å². The molecule has 0 amide bonds. The van der Waals surface area contributed by atoms with Crippen LogP contribution >= 0.6 is 12.4 Å². The Balaban J connectivity index is 0.000000405. The van der Waals surface area contributed by atoms with Gasteiger partial charge in [0.05, 0.1) is 0 Å². The van der Waals surface area contributed by atoms with Crippen LogP contribution in [0, 0.1) is 0 Å². The second-order valence-electron chi connectivity index (χ2n) is 1.91. The van der Waals surface area contributed by atoms with Gasteiger partial charge < -0.3 is 0 Å². The van der Waals surface area contributed by atoms with E-state index in [4.69, 9.17) is 0 Å². The van der Waals surface area contributed by atoms with Crippen molar-refractivity contribution in [2.45, 2.75) is 0 Å². The highest BCUT2D eigenvalue weighted by atomic mass is 35.5. The summed E-state index contributed by atoms with van der Waals surface area (Å²) in [6.07, 6.45) is 7.38. The maximum absolute atomic E-state index is 10.8. The molecule has 0 aliphatic heterocycles. The van der Waals surface area contributed by atoms with Crippen LogP contribution < -0.4 is 0 Å². The fraction of sp³-hybridized carbons (Fsp3) is 0. The maximum atomic E-state index is 10.8. The molecule has 0 aromatic rings. The number of Topliss-reactive ketones (excluding diaryl/α,β-unsaturated/α-hetero) is 1. The summed E-state index contributed by atoms with van der Waals surface area (Å²) in [5.74, 6) is 0.185. The van der Waals surface area contributed by atoms with Crippen LogP contribution in [0.25, 0.3) is 0 Å². The Morgan fingerprint density at radius 2 is 1.44 bits per heavy atom. The summed E-state index contributed by atoms with van der Waals surface area (Å²) in [7, 11) is 0. The first kappa shape index (κ1) is 6.30. The van der Waals surface area contributed by atoms with Crippen molar-refractivity contribution in [2.75, 3.05) is 0 Å². The van der Waals surface area contributed by atoms with E-state index < -0.39 is 0 Å². The minimum absolute atomic E-state index is 0. The minimum atomic E-state index is 0. The zero-order valence-corrected chi connectivity index (χ0v) is 5.44. The summed E-state index contributed by atoms with van der Waals surface area (Å²) < 4.78 is 0. The maximum Gasteiger partial charge on any atom is 0.193 e. The second kappa shape index (κ2) is 1.85. The topological polar surface area (TPSA) is 17.1 Å². The molecule has 0 N–H and O–H groups in total. The van der Waals surface area contributed by atoms with E-state index in [0.717, 1.165) is 11.1 Å². The van der Waals surface area contributed by atoms with Gasteiger partial charge in [-0.1, -0.05) is 24.3 Å². The number of hydrogen-bond acceptors (Lipinski definition) is 1. The molecule has 2 rings (SSSR count). The van der Waals surface area contributed by atoms with Gasteiger partial charge in [0.1, 0.15) is 0 Å². The number of halogens is 1. The Morgan fingerprint density at radius 3 is 1.56 bits per heavy atom. The first-order valence-corrected chi connectivity index (χ1v) is 2.53. The molecule has 0 aromatic heterocycles. The molecule has 0 unspecified atom stereocenters. The molecule has 0 atom stereocenters. The standard InChI is InChI=1S/C7H4O.ClH/c8-7-5-1-2-6(7)4-3-5;/h1-4H;1H. The third-order valence-electron chi connectivity index (χ3n) is 1.41. The normalized spacial score (nSPS) is 19.3. The molecular formula is C7H5ClO. The van der Waals surface area contributed by atoms with E-state index in [1.165, 1.54) is 0 Å². The number of carbonyl (C=O) groups is 1. The fourth-order valence-corrected chi connectivity index (χ4v) is 0.940. The number of fused-ring (bicyclic) bond motifs is 2. The Hall–Kier alpha value is -0.820. The molecule has 2 heteroatoms. The lowest BCUT2D eigenvalue weighted by Crippen LogP contribution is -1.89. The number of allylic oxidation sites excluding steroid dienone is 6. The van der Waals surface area contributed by atoms with Crippen molar-refractivity contribution in [3.8, 4) is 0 Å². The van der Waals surface area contributed by atoms with E-state index >= 15 is 0 Å². The molecule has 1 nitrogen and oxygen atoms in total. The van der Waals surface area contributed by atoms with Crippen LogP contribution in [0.5, 0.6) is 0 Å². The van der Waals surface area contributed by atoms with Gasteiger partial charge in [-0.05, 0) is 0 Å². The third-order valence-corrected chi connectivity index (χ3v) is 1.41. The van der Waals surface area contributed by atoms with E-state index in [-0.39, 0.29) is 18.2 Å². The second-order valence-corrected chi connectivity index (χ2v) is 1.91. The Morgan fingerprint density at radius 1 is 1.00 bits per heavy atom. The molecule has 0 spiro atoms. The van der Waals surface area contributed by atoms with Crippen LogP contribution in [0.4, 0.5) is 0 Å². The van der Waals surface area contributed by atoms with Crippen molar-refractivity contribution >= 4 is 18.2 Å². The Kier molecular flexibility index (Phi) is 1.29. The number of rotatable bonds is 0. The largest absolute Gasteiger partial charge is 0.289 e. The van der Waals surface area contributed by atoms with Crippen LogP contribution in [0.3, 0.4) is 0 Å². The van der Waals surface area contributed by atoms with Gasteiger partial charge >= 0.3 is 0 Å². The van der Waals surface area contributed by atoms with Gasteiger partial charge in [0, 0.05) is 11.1 Å². The van der Waals surface area contributed by atoms with Crippen molar-refractivity contribution in [3.05, 3.63) is 35.5 Å². The molecule has 2 aliphatic rings. The van der Waals surface area contributed by atoms with Crippen LogP contribution in [0.15, 0.2) is 35.5 Å². The molecule has 0 fully saturated rings. The van der Waals surface area contributed by atoms with E-state index in [9.17, 15) is 4.79 Å². The van der Waals surface area contributed by atoms with Gasteiger partial charge in [0.25, 0.3) is 0 Å². The molecule has 2 aliphatic carbocycles. The van der Waals surface area contributed by atoms with Crippen molar-refractivity contribution in [3.63, 3.8) is 0 Å². The molecule has 0 saturated heterocycles. The highest BCUT2D eigenvalue weighted by Crippen LogP contribution is 2.23. The lowest BCUT2D eigenvalue weighted by molar-refractivity contribution is -0.111. The van der Waals surface area contributed by atoms with Gasteiger partial charge in [0.15, 0.2) is 5.78 Å². The Bertz CT molecular complexity index is 222.